The van der Waals surface area contributed by atoms with E-state index in [9.17, 15) is 4.79 Å². The zero-order chi connectivity index (χ0) is 12.3. The van der Waals surface area contributed by atoms with Crippen LogP contribution in [0.5, 0.6) is 0 Å². The van der Waals surface area contributed by atoms with Gasteiger partial charge in [0.1, 0.15) is 0 Å². The Balaban J connectivity index is 2.03. The van der Waals surface area contributed by atoms with Crippen LogP contribution in [-0.2, 0) is 6.42 Å². The van der Waals surface area contributed by atoms with Crippen LogP contribution >= 0.6 is 0 Å². The van der Waals surface area contributed by atoms with Crippen molar-refractivity contribution < 1.29 is 9.90 Å². The van der Waals surface area contributed by atoms with Gasteiger partial charge in [0.25, 0.3) is 0 Å². The first-order chi connectivity index (χ1) is 8.20. The molecule has 0 amide bonds. The lowest BCUT2D eigenvalue weighted by molar-refractivity contribution is 0.0989. The highest BCUT2D eigenvalue weighted by atomic mass is 16.3. The molecule has 0 saturated carbocycles. The van der Waals surface area contributed by atoms with E-state index in [1.165, 1.54) is 5.56 Å². The minimum absolute atomic E-state index is 0.0545. The molecule has 17 heavy (non-hydrogen) atoms. The predicted octanol–water partition coefficient (Wildman–Crippen LogP) is 0.808. The standard InChI is InChI=1S/C13H18N2O2/c1-9-6-11-7-10(2-3-12(11)15-9)13(17)8-14-4-5-16/h2-3,7,9,14-16H,4-6,8H2,1H3. The number of rotatable bonds is 5. The molecule has 92 valence electrons. The molecular formula is C13H18N2O2. The van der Waals surface area contributed by atoms with Crippen LogP contribution in [-0.4, -0.2) is 36.6 Å². The number of nitrogens with one attached hydrogen (secondary N) is 2. The highest BCUT2D eigenvalue weighted by Crippen LogP contribution is 2.26. The van der Waals surface area contributed by atoms with Crippen LogP contribution in [0.4, 0.5) is 5.69 Å². The first kappa shape index (κ1) is 12.1. The van der Waals surface area contributed by atoms with E-state index in [1.54, 1.807) is 0 Å². The number of ketones is 1. The molecule has 4 heteroatoms. The number of carbonyl (C=O) groups is 1. The molecule has 1 aliphatic heterocycles. The van der Waals surface area contributed by atoms with E-state index in [-0.39, 0.29) is 18.9 Å². The number of anilines is 1. The maximum Gasteiger partial charge on any atom is 0.176 e. The van der Waals surface area contributed by atoms with Gasteiger partial charge in [-0.1, -0.05) is 0 Å². The molecule has 1 atom stereocenters. The summed E-state index contributed by atoms with van der Waals surface area (Å²) in [4.78, 5) is 11.8. The molecule has 1 heterocycles. The summed E-state index contributed by atoms with van der Waals surface area (Å²) in [5.74, 6) is 0.0702. The molecule has 1 unspecified atom stereocenters. The van der Waals surface area contributed by atoms with Gasteiger partial charge in [-0.25, -0.2) is 0 Å². The Morgan fingerprint density at radius 1 is 1.59 bits per heavy atom. The largest absolute Gasteiger partial charge is 0.395 e. The van der Waals surface area contributed by atoms with Crippen molar-refractivity contribution in [2.45, 2.75) is 19.4 Å². The van der Waals surface area contributed by atoms with Crippen molar-refractivity contribution in [1.82, 2.24) is 5.32 Å². The number of aliphatic hydroxyl groups excluding tert-OH is 1. The highest BCUT2D eigenvalue weighted by molar-refractivity contribution is 5.98. The summed E-state index contributed by atoms with van der Waals surface area (Å²) in [5.41, 5.74) is 3.09. The summed E-state index contributed by atoms with van der Waals surface area (Å²) in [7, 11) is 0. The van der Waals surface area contributed by atoms with Crippen LogP contribution in [0.25, 0.3) is 0 Å². The smallest absolute Gasteiger partial charge is 0.176 e. The minimum atomic E-state index is 0.0545. The molecule has 2 rings (SSSR count). The average Bonchev–Trinajstić information content (AvgIpc) is 2.68. The van der Waals surface area contributed by atoms with Crippen LogP contribution < -0.4 is 10.6 Å². The van der Waals surface area contributed by atoms with Gasteiger partial charge in [0, 0.05) is 23.8 Å². The van der Waals surface area contributed by atoms with Crippen molar-refractivity contribution in [2.75, 3.05) is 25.0 Å². The molecule has 0 radical (unpaired) electrons. The third-order valence-electron chi connectivity index (χ3n) is 2.93. The first-order valence-electron chi connectivity index (χ1n) is 5.95. The average molecular weight is 234 g/mol. The first-order valence-corrected chi connectivity index (χ1v) is 5.95. The van der Waals surface area contributed by atoms with Crippen LogP contribution in [0.2, 0.25) is 0 Å². The molecule has 0 saturated heterocycles. The topological polar surface area (TPSA) is 61.4 Å². The Morgan fingerprint density at radius 3 is 3.18 bits per heavy atom. The summed E-state index contributed by atoms with van der Waals surface area (Å²) in [6.07, 6.45) is 0.973. The number of Topliss-reactive ketones (excluding diaryl/α,β-unsaturated/α-hetero) is 1. The van der Waals surface area contributed by atoms with Crippen molar-refractivity contribution in [1.29, 1.82) is 0 Å². The van der Waals surface area contributed by atoms with Gasteiger partial charge >= 0.3 is 0 Å². The summed E-state index contributed by atoms with van der Waals surface area (Å²) in [5, 5.41) is 14.9. The summed E-state index contributed by atoms with van der Waals surface area (Å²) in [6, 6.07) is 6.24. The lowest BCUT2D eigenvalue weighted by atomic mass is 10.0. The molecule has 4 nitrogen and oxygen atoms in total. The number of benzene rings is 1. The monoisotopic (exact) mass is 234 g/mol. The second kappa shape index (κ2) is 5.29. The number of hydrogen-bond acceptors (Lipinski definition) is 4. The SMILES string of the molecule is CC1Cc2cc(C(=O)CNCCO)ccc2N1. The fourth-order valence-electron chi connectivity index (χ4n) is 2.11. The van der Waals surface area contributed by atoms with Gasteiger partial charge in [0.15, 0.2) is 5.78 Å². The normalized spacial score (nSPS) is 17.6. The van der Waals surface area contributed by atoms with E-state index in [0.717, 1.165) is 17.7 Å². The van der Waals surface area contributed by atoms with Gasteiger partial charge in [-0.15, -0.1) is 0 Å². The molecule has 0 fully saturated rings. The Labute approximate surface area is 101 Å². The number of aliphatic hydroxyl groups is 1. The van der Waals surface area contributed by atoms with Gasteiger partial charge in [0.05, 0.1) is 13.2 Å². The van der Waals surface area contributed by atoms with E-state index >= 15 is 0 Å². The van der Waals surface area contributed by atoms with E-state index in [4.69, 9.17) is 5.11 Å². The molecule has 0 spiro atoms. The lowest BCUT2D eigenvalue weighted by Crippen LogP contribution is -2.25. The Morgan fingerprint density at radius 2 is 2.41 bits per heavy atom. The third kappa shape index (κ3) is 2.84. The van der Waals surface area contributed by atoms with E-state index in [1.807, 2.05) is 18.2 Å². The zero-order valence-electron chi connectivity index (χ0n) is 9.99. The molecule has 1 aromatic rings. The number of hydrogen-bond donors (Lipinski definition) is 3. The Bertz CT molecular complexity index is 418. The number of carbonyl (C=O) groups excluding carboxylic acids is 1. The van der Waals surface area contributed by atoms with Crippen LogP contribution in [0.15, 0.2) is 18.2 Å². The van der Waals surface area contributed by atoms with E-state index in [2.05, 4.69) is 17.6 Å². The summed E-state index contributed by atoms with van der Waals surface area (Å²) < 4.78 is 0. The molecule has 0 bridgehead atoms. The zero-order valence-corrected chi connectivity index (χ0v) is 9.99. The molecule has 3 N–H and O–H groups in total. The van der Waals surface area contributed by atoms with Crippen molar-refractivity contribution in [2.24, 2.45) is 0 Å². The summed E-state index contributed by atoms with van der Waals surface area (Å²) in [6.45, 7) is 2.92. The highest BCUT2D eigenvalue weighted by Gasteiger charge is 2.17. The van der Waals surface area contributed by atoms with Crippen molar-refractivity contribution in [3.05, 3.63) is 29.3 Å². The van der Waals surface area contributed by atoms with Crippen LogP contribution in [0.1, 0.15) is 22.8 Å². The maximum atomic E-state index is 11.8. The number of fused-ring (bicyclic) bond motifs is 1. The quantitative estimate of drug-likeness (QED) is 0.521. The fourth-order valence-corrected chi connectivity index (χ4v) is 2.11. The predicted molar refractivity (Wildman–Crippen MR) is 67.5 cm³/mol. The second-order valence-electron chi connectivity index (χ2n) is 4.44. The maximum absolute atomic E-state index is 11.8. The van der Waals surface area contributed by atoms with E-state index < -0.39 is 0 Å². The fraction of sp³-hybridized carbons (Fsp3) is 0.462. The van der Waals surface area contributed by atoms with Crippen LogP contribution in [0.3, 0.4) is 0 Å². The van der Waals surface area contributed by atoms with E-state index in [0.29, 0.717) is 12.6 Å². The Hall–Kier alpha value is -1.39. The van der Waals surface area contributed by atoms with Gasteiger partial charge < -0.3 is 15.7 Å². The van der Waals surface area contributed by atoms with Gasteiger partial charge in [-0.05, 0) is 37.1 Å². The second-order valence-corrected chi connectivity index (χ2v) is 4.44. The molecule has 1 aliphatic rings. The molecule has 0 aliphatic carbocycles. The molecule has 0 aromatic heterocycles. The minimum Gasteiger partial charge on any atom is -0.395 e. The summed E-state index contributed by atoms with van der Waals surface area (Å²) >= 11 is 0. The van der Waals surface area contributed by atoms with Gasteiger partial charge in [-0.2, -0.15) is 0 Å². The van der Waals surface area contributed by atoms with Gasteiger partial charge in [0.2, 0.25) is 0 Å². The molecular weight excluding hydrogens is 216 g/mol. The molecule has 1 aromatic carbocycles. The Kier molecular flexibility index (Phi) is 3.76. The lowest BCUT2D eigenvalue weighted by Gasteiger charge is -2.05. The van der Waals surface area contributed by atoms with Crippen molar-refractivity contribution in [3.63, 3.8) is 0 Å². The van der Waals surface area contributed by atoms with Crippen molar-refractivity contribution >= 4 is 11.5 Å². The third-order valence-corrected chi connectivity index (χ3v) is 2.93. The van der Waals surface area contributed by atoms with Crippen LogP contribution in [0, 0.1) is 0 Å². The van der Waals surface area contributed by atoms with Crippen molar-refractivity contribution in [3.8, 4) is 0 Å². The van der Waals surface area contributed by atoms with Gasteiger partial charge in [-0.3, -0.25) is 4.79 Å².